The zero-order valence-corrected chi connectivity index (χ0v) is 16.6. The third-order valence-electron chi connectivity index (χ3n) is 4.36. The van der Waals surface area contributed by atoms with Crippen molar-refractivity contribution >= 4 is 23.8 Å². The van der Waals surface area contributed by atoms with Gasteiger partial charge < -0.3 is 4.74 Å². The van der Waals surface area contributed by atoms with Crippen LogP contribution in [0, 0.1) is 16.4 Å². The zero-order valence-electron chi connectivity index (χ0n) is 15.1. The molecule has 0 N–H and O–H groups in total. The average molecular weight is 429 g/mol. The van der Waals surface area contributed by atoms with Crippen molar-refractivity contribution in [2.45, 2.75) is 6.73 Å². The van der Waals surface area contributed by atoms with E-state index in [0.29, 0.717) is 15.5 Å². The van der Waals surface area contributed by atoms with Crippen LogP contribution in [0.1, 0.15) is 0 Å². The summed E-state index contributed by atoms with van der Waals surface area (Å²) in [6.45, 7) is 0.138. The Hall–Kier alpha value is -2.96. The number of hydrogen-bond donors (Lipinski definition) is 0. The third kappa shape index (κ3) is 4.23. The Morgan fingerprint density at radius 3 is 2.03 bits per heavy atom. The van der Waals surface area contributed by atoms with E-state index in [1.165, 1.54) is 24.3 Å². The van der Waals surface area contributed by atoms with Crippen LogP contribution in [0.4, 0.5) is 8.78 Å². The molecular weight excluding hydrogens is 414 g/mol. The molecule has 1 heterocycles. The van der Waals surface area contributed by atoms with E-state index in [1.54, 1.807) is 41.0 Å². The van der Waals surface area contributed by atoms with Gasteiger partial charge in [0.1, 0.15) is 17.4 Å². The summed E-state index contributed by atoms with van der Waals surface area (Å²) in [5.74, 6) is -0.123. The average Bonchev–Trinajstić information content (AvgIpc) is 3.05. The Labute approximate surface area is 176 Å². The van der Waals surface area contributed by atoms with Gasteiger partial charge >= 0.3 is 0 Å². The highest BCUT2D eigenvalue weighted by molar-refractivity contribution is 7.71. The quantitative estimate of drug-likeness (QED) is 0.332. The molecule has 0 fully saturated rings. The molecule has 1 aromatic heterocycles. The standard InChI is InChI=1S/C22H15ClF2N2OS/c23-16-3-9-19(10-4-16)27-21(15-1-5-17(24)6-2-15)13-26(22(27)29)14-28-20-11-7-18(25)8-12-20/h1-13H,14H2. The topological polar surface area (TPSA) is 19.1 Å². The minimum atomic E-state index is -0.332. The molecule has 146 valence electrons. The number of imidazole rings is 1. The molecule has 0 aliphatic rings. The van der Waals surface area contributed by atoms with Crippen molar-refractivity contribution in [3.8, 4) is 22.7 Å². The number of nitrogens with zero attached hydrogens (tertiary/aromatic N) is 2. The second kappa shape index (κ2) is 8.19. The number of aromatic nitrogens is 2. The normalized spacial score (nSPS) is 10.9. The summed E-state index contributed by atoms with van der Waals surface area (Å²) in [6.07, 6.45) is 1.84. The van der Waals surface area contributed by atoms with Crippen LogP contribution in [0.15, 0.2) is 79.0 Å². The largest absolute Gasteiger partial charge is 0.473 e. The molecule has 0 amide bonds. The van der Waals surface area contributed by atoms with Crippen molar-refractivity contribution in [1.29, 1.82) is 0 Å². The lowest BCUT2D eigenvalue weighted by Crippen LogP contribution is -2.05. The highest BCUT2D eigenvalue weighted by Crippen LogP contribution is 2.26. The number of benzene rings is 3. The Bertz CT molecular complexity index is 1180. The molecule has 3 aromatic carbocycles. The molecule has 0 unspecified atom stereocenters. The smallest absolute Gasteiger partial charge is 0.187 e. The minimum absolute atomic E-state index is 0.138. The lowest BCUT2D eigenvalue weighted by Gasteiger charge is -2.09. The molecule has 4 rings (SSSR count). The fraction of sp³-hybridized carbons (Fsp3) is 0.0455. The summed E-state index contributed by atoms with van der Waals surface area (Å²) in [7, 11) is 0. The van der Waals surface area contributed by atoms with Crippen LogP contribution in [0.3, 0.4) is 0 Å². The molecule has 3 nitrogen and oxygen atoms in total. The summed E-state index contributed by atoms with van der Waals surface area (Å²) >= 11 is 11.7. The Balaban J connectivity index is 1.75. The fourth-order valence-electron chi connectivity index (χ4n) is 2.92. The van der Waals surface area contributed by atoms with E-state index in [9.17, 15) is 8.78 Å². The van der Waals surface area contributed by atoms with E-state index >= 15 is 0 Å². The van der Waals surface area contributed by atoms with Gasteiger partial charge in [-0.05, 0) is 85.0 Å². The van der Waals surface area contributed by atoms with Gasteiger partial charge in [0.05, 0.1) is 5.69 Å². The number of rotatable bonds is 5. The van der Waals surface area contributed by atoms with E-state index < -0.39 is 0 Å². The molecule has 7 heteroatoms. The Kier molecular flexibility index (Phi) is 5.47. The van der Waals surface area contributed by atoms with E-state index in [4.69, 9.17) is 28.6 Å². The summed E-state index contributed by atoms with van der Waals surface area (Å²) < 4.78 is 36.3. The molecule has 0 spiro atoms. The predicted molar refractivity (Wildman–Crippen MR) is 112 cm³/mol. The molecule has 0 bridgehead atoms. The van der Waals surface area contributed by atoms with E-state index in [1.807, 2.05) is 22.9 Å². The van der Waals surface area contributed by atoms with Crippen LogP contribution in [-0.2, 0) is 6.73 Å². The lowest BCUT2D eigenvalue weighted by atomic mass is 10.1. The maximum absolute atomic E-state index is 13.4. The number of halogens is 3. The van der Waals surface area contributed by atoms with Gasteiger partial charge in [-0.15, -0.1) is 0 Å². The van der Waals surface area contributed by atoms with Crippen LogP contribution in [0.2, 0.25) is 5.02 Å². The molecule has 0 saturated carbocycles. The van der Waals surface area contributed by atoms with Crippen molar-refractivity contribution in [3.63, 3.8) is 0 Å². The van der Waals surface area contributed by atoms with Crippen molar-refractivity contribution in [2.75, 3.05) is 0 Å². The molecule has 4 aromatic rings. The van der Waals surface area contributed by atoms with Crippen LogP contribution in [0.25, 0.3) is 16.9 Å². The first-order valence-corrected chi connectivity index (χ1v) is 9.52. The van der Waals surface area contributed by atoms with Gasteiger partial charge in [-0.3, -0.25) is 9.13 Å². The van der Waals surface area contributed by atoms with Gasteiger partial charge in [0.2, 0.25) is 0 Å². The number of ether oxygens (including phenoxy) is 1. The van der Waals surface area contributed by atoms with Crippen molar-refractivity contribution < 1.29 is 13.5 Å². The Morgan fingerprint density at radius 2 is 1.41 bits per heavy atom. The van der Waals surface area contributed by atoms with Crippen LogP contribution in [-0.4, -0.2) is 9.13 Å². The second-order valence-electron chi connectivity index (χ2n) is 6.31. The lowest BCUT2D eigenvalue weighted by molar-refractivity contribution is 0.234. The molecule has 0 saturated heterocycles. The zero-order chi connectivity index (χ0) is 20.4. The molecule has 0 radical (unpaired) electrons. The van der Waals surface area contributed by atoms with Gasteiger partial charge in [0, 0.05) is 22.5 Å². The monoisotopic (exact) mass is 428 g/mol. The number of hydrogen-bond acceptors (Lipinski definition) is 2. The van der Waals surface area contributed by atoms with Crippen molar-refractivity contribution in [1.82, 2.24) is 9.13 Å². The summed E-state index contributed by atoms with van der Waals surface area (Å²) in [6, 6.07) is 19.2. The highest BCUT2D eigenvalue weighted by atomic mass is 35.5. The van der Waals surface area contributed by atoms with Gasteiger partial charge in [-0.1, -0.05) is 11.6 Å². The predicted octanol–water partition coefficient (Wildman–Crippen LogP) is 6.64. The van der Waals surface area contributed by atoms with Gasteiger partial charge in [0.15, 0.2) is 11.5 Å². The first kappa shape index (κ1) is 19.4. The first-order chi connectivity index (χ1) is 14.0. The molecule has 0 aliphatic heterocycles. The van der Waals surface area contributed by atoms with Crippen molar-refractivity contribution in [2.24, 2.45) is 0 Å². The fourth-order valence-corrected chi connectivity index (χ4v) is 3.36. The van der Waals surface area contributed by atoms with Gasteiger partial charge in [-0.25, -0.2) is 8.78 Å². The van der Waals surface area contributed by atoms with Gasteiger partial charge in [0.25, 0.3) is 0 Å². The maximum Gasteiger partial charge on any atom is 0.187 e. The molecular formula is C22H15ClF2N2OS. The minimum Gasteiger partial charge on any atom is -0.473 e. The van der Waals surface area contributed by atoms with Crippen molar-refractivity contribution in [3.05, 3.63) is 100 Å². The summed E-state index contributed by atoms with van der Waals surface area (Å²) in [4.78, 5) is 0. The van der Waals surface area contributed by atoms with E-state index in [0.717, 1.165) is 16.9 Å². The van der Waals surface area contributed by atoms with Crippen LogP contribution in [0.5, 0.6) is 5.75 Å². The highest BCUT2D eigenvalue weighted by Gasteiger charge is 2.13. The molecule has 0 aliphatic carbocycles. The SMILES string of the molecule is Fc1ccc(OCn2cc(-c3ccc(F)cc3)n(-c3ccc(Cl)cc3)c2=S)cc1. The van der Waals surface area contributed by atoms with Crippen LogP contribution < -0.4 is 4.74 Å². The van der Waals surface area contributed by atoms with E-state index in [2.05, 4.69) is 0 Å². The van der Waals surface area contributed by atoms with Crippen LogP contribution >= 0.6 is 23.8 Å². The van der Waals surface area contributed by atoms with E-state index in [-0.39, 0.29) is 18.4 Å². The summed E-state index contributed by atoms with van der Waals surface area (Å²) in [5.41, 5.74) is 2.40. The first-order valence-electron chi connectivity index (χ1n) is 8.74. The molecule has 29 heavy (non-hydrogen) atoms. The van der Waals surface area contributed by atoms with Gasteiger partial charge in [-0.2, -0.15) is 0 Å². The Morgan fingerprint density at radius 1 is 0.828 bits per heavy atom. The summed E-state index contributed by atoms with van der Waals surface area (Å²) in [5, 5.41) is 0.614. The maximum atomic E-state index is 13.4. The second-order valence-corrected chi connectivity index (χ2v) is 7.11. The molecule has 0 atom stereocenters. The third-order valence-corrected chi connectivity index (χ3v) is 5.03.